The summed E-state index contributed by atoms with van der Waals surface area (Å²) in [6, 6.07) is 15.2. The molecule has 0 bridgehead atoms. The highest BCUT2D eigenvalue weighted by atomic mass is 16.5. The van der Waals surface area contributed by atoms with Gasteiger partial charge in [0.15, 0.2) is 0 Å². The Balaban J connectivity index is 0.00000117. The van der Waals surface area contributed by atoms with Crippen LogP contribution in [0.1, 0.15) is 31.9 Å². The molecule has 0 unspecified atom stereocenters. The van der Waals surface area contributed by atoms with Gasteiger partial charge in [-0.15, -0.1) is 0 Å². The Morgan fingerprint density at radius 1 is 1.12 bits per heavy atom. The molecule has 0 radical (unpaired) electrons. The third-order valence-corrected chi connectivity index (χ3v) is 4.89. The normalized spacial score (nSPS) is 11.3. The Hall–Kier alpha value is -2.52. The first-order valence-electron chi connectivity index (χ1n) is 9.09. The molecule has 0 aliphatic carbocycles. The maximum Gasteiger partial charge on any atom is 0.120 e. The van der Waals surface area contributed by atoms with E-state index in [0.717, 1.165) is 12.3 Å². The molecule has 138 valence electrons. The SMILES string of the molecule is C/C=C(\C)c1ccc(-c2c(C)c3ccc(OC)cc3n2CC)cc1.CN. The Kier molecular flexibility index (Phi) is 6.64. The lowest BCUT2D eigenvalue weighted by Crippen LogP contribution is -1.97. The lowest BCUT2D eigenvalue weighted by Gasteiger charge is -2.11. The quantitative estimate of drug-likeness (QED) is 0.661. The van der Waals surface area contributed by atoms with Crippen LogP contribution in [0.4, 0.5) is 0 Å². The molecular formula is C23H30N2O. The monoisotopic (exact) mass is 350 g/mol. The van der Waals surface area contributed by atoms with Crippen molar-refractivity contribution < 1.29 is 4.74 Å². The molecule has 1 aromatic heterocycles. The van der Waals surface area contributed by atoms with Gasteiger partial charge >= 0.3 is 0 Å². The second-order valence-corrected chi connectivity index (χ2v) is 6.15. The number of hydrogen-bond donors (Lipinski definition) is 1. The Morgan fingerprint density at radius 2 is 1.77 bits per heavy atom. The lowest BCUT2D eigenvalue weighted by molar-refractivity contribution is 0.415. The Bertz CT molecular complexity index is 902. The number of rotatable bonds is 4. The van der Waals surface area contributed by atoms with Crippen molar-refractivity contribution in [3.63, 3.8) is 0 Å². The summed E-state index contributed by atoms with van der Waals surface area (Å²) in [6.07, 6.45) is 2.15. The Labute approximate surface area is 157 Å². The highest BCUT2D eigenvalue weighted by Crippen LogP contribution is 2.35. The van der Waals surface area contributed by atoms with Crippen LogP contribution in [0.15, 0.2) is 48.5 Å². The van der Waals surface area contributed by atoms with Crippen LogP contribution in [0.25, 0.3) is 27.7 Å². The molecule has 0 aliphatic heterocycles. The number of hydrogen-bond acceptors (Lipinski definition) is 2. The van der Waals surface area contributed by atoms with Crippen LogP contribution in [0.5, 0.6) is 5.75 Å². The summed E-state index contributed by atoms with van der Waals surface area (Å²) in [6.45, 7) is 9.56. The van der Waals surface area contributed by atoms with Gasteiger partial charge in [-0.3, -0.25) is 0 Å². The van der Waals surface area contributed by atoms with Gasteiger partial charge in [-0.05, 0) is 69.1 Å². The average Bonchev–Trinajstić information content (AvgIpc) is 3.00. The van der Waals surface area contributed by atoms with Gasteiger partial charge in [-0.2, -0.15) is 0 Å². The first kappa shape index (κ1) is 19.8. The van der Waals surface area contributed by atoms with Crippen molar-refractivity contribution in [1.29, 1.82) is 0 Å². The van der Waals surface area contributed by atoms with Crippen LogP contribution in [-0.4, -0.2) is 18.7 Å². The maximum absolute atomic E-state index is 5.41. The molecular weight excluding hydrogens is 320 g/mol. The number of aryl methyl sites for hydroxylation is 2. The second kappa shape index (κ2) is 8.72. The number of ether oxygens (including phenoxy) is 1. The van der Waals surface area contributed by atoms with Gasteiger partial charge < -0.3 is 15.0 Å². The molecule has 0 amide bonds. The van der Waals surface area contributed by atoms with Crippen molar-refractivity contribution >= 4 is 16.5 Å². The summed E-state index contributed by atoms with van der Waals surface area (Å²) in [7, 11) is 3.22. The minimum atomic E-state index is 0.903. The first-order chi connectivity index (χ1) is 12.6. The van der Waals surface area contributed by atoms with Gasteiger partial charge in [0.25, 0.3) is 0 Å². The van der Waals surface area contributed by atoms with Crippen LogP contribution >= 0.6 is 0 Å². The van der Waals surface area contributed by atoms with E-state index < -0.39 is 0 Å². The number of nitrogens with zero attached hydrogens (tertiary/aromatic N) is 1. The molecule has 0 saturated carbocycles. The van der Waals surface area contributed by atoms with Crippen molar-refractivity contribution in [2.45, 2.75) is 34.2 Å². The number of nitrogens with two attached hydrogens (primary N) is 1. The molecule has 0 spiro atoms. The van der Waals surface area contributed by atoms with Crippen molar-refractivity contribution in [1.82, 2.24) is 4.57 Å². The van der Waals surface area contributed by atoms with Crippen LogP contribution < -0.4 is 10.5 Å². The molecule has 2 N–H and O–H groups in total. The summed E-state index contributed by atoms with van der Waals surface area (Å²) in [5.74, 6) is 0.903. The van der Waals surface area contributed by atoms with E-state index in [-0.39, 0.29) is 0 Å². The van der Waals surface area contributed by atoms with Crippen molar-refractivity contribution in [2.24, 2.45) is 5.73 Å². The molecule has 0 aliphatic rings. The smallest absolute Gasteiger partial charge is 0.120 e. The van der Waals surface area contributed by atoms with E-state index in [2.05, 4.69) is 80.5 Å². The van der Waals surface area contributed by atoms with Gasteiger partial charge in [-0.1, -0.05) is 30.3 Å². The first-order valence-corrected chi connectivity index (χ1v) is 9.09. The van der Waals surface area contributed by atoms with Crippen LogP contribution in [-0.2, 0) is 6.54 Å². The maximum atomic E-state index is 5.41. The van der Waals surface area contributed by atoms with Crippen LogP contribution in [0.3, 0.4) is 0 Å². The van der Waals surface area contributed by atoms with Crippen molar-refractivity contribution in [3.05, 3.63) is 59.7 Å². The van der Waals surface area contributed by atoms with Crippen LogP contribution in [0.2, 0.25) is 0 Å². The summed E-state index contributed by atoms with van der Waals surface area (Å²) in [5.41, 5.74) is 12.2. The molecule has 1 heterocycles. The van der Waals surface area contributed by atoms with E-state index in [1.807, 2.05) is 6.07 Å². The van der Waals surface area contributed by atoms with E-state index >= 15 is 0 Å². The van der Waals surface area contributed by atoms with Crippen molar-refractivity contribution in [2.75, 3.05) is 14.2 Å². The van der Waals surface area contributed by atoms with E-state index in [0.29, 0.717) is 0 Å². The predicted molar refractivity (Wildman–Crippen MR) is 114 cm³/mol. The molecule has 2 aromatic carbocycles. The topological polar surface area (TPSA) is 40.2 Å². The zero-order valence-corrected chi connectivity index (χ0v) is 16.8. The summed E-state index contributed by atoms with van der Waals surface area (Å²) >= 11 is 0. The average molecular weight is 351 g/mol. The van der Waals surface area contributed by atoms with Crippen LogP contribution in [0, 0.1) is 6.92 Å². The van der Waals surface area contributed by atoms with Gasteiger partial charge in [-0.25, -0.2) is 0 Å². The van der Waals surface area contributed by atoms with E-state index in [1.165, 1.54) is 45.9 Å². The van der Waals surface area contributed by atoms with Gasteiger partial charge in [0.1, 0.15) is 5.75 Å². The van der Waals surface area contributed by atoms with Gasteiger partial charge in [0.2, 0.25) is 0 Å². The number of allylic oxidation sites excluding steroid dienone is 2. The number of methoxy groups -OCH3 is 1. The second-order valence-electron chi connectivity index (χ2n) is 6.15. The molecule has 3 heteroatoms. The molecule has 3 nitrogen and oxygen atoms in total. The molecule has 26 heavy (non-hydrogen) atoms. The largest absolute Gasteiger partial charge is 0.497 e. The summed E-state index contributed by atoms with van der Waals surface area (Å²) in [5, 5.41) is 1.29. The fourth-order valence-corrected chi connectivity index (χ4v) is 3.39. The molecule has 3 rings (SSSR count). The standard InChI is InChI=1S/C22H25NO.CH5N/c1-6-15(3)17-8-10-18(11-9-17)22-16(4)20-13-12-19(24-5)14-21(20)23(22)7-2;1-2/h6,8-14H,7H2,1-5H3;2H2,1H3/b15-6+;. The number of benzene rings is 2. The van der Waals surface area contributed by atoms with Gasteiger partial charge in [0.05, 0.1) is 18.3 Å². The lowest BCUT2D eigenvalue weighted by atomic mass is 10.0. The van der Waals surface area contributed by atoms with E-state index in [9.17, 15) is 0 Å². The molecule has 0 atom stereocenters. The number of aromatic nitrogens is 1. The Morgan fingerprint density at radius 3 is 2.31 bits per heavy atom. The summed E-state index contributed by atoms with van der Waals surface area (Å²) < 4.78 is 7.79. The minimum absolute atomic E-state index is 0.903. The zero-order chi connectivity index (χ0) is 19.3. The van der Waals surface area contributed by atoms with E-state index in [1.54, 1.807) is 7.11 Å². The summed E-state index contributed by atoms with van der Waals surface area (Å²) in [4.78, 5) is 0. The highest BCUT2D eigenvalue weighted by Gasteiger charge is 2.15. The molecule has 3 aromatic rings. The zero-order valence-electron chi connectivity index (χ0n) is 16.8. The van der Waals surface area contributed by atoms with E-state index in [4.69, 9.17) is 4.74 Å². The van der Waals surface area contributed by atoms with Crippen molar-refractivity contribution in [3.8, 4) is 17.0 Å². The molecule has 0 saturated heterocycles. The predicted octanol–water partition coefficient (Wildman–Crippen LogP) is 5.64. The third kappa shape index (κ3) is 3.54. The fourth-order valence-electron chi connectivity index (χ4n) is 3.39. The van der Waals surface area contributed by atoms with Gasteiger partial charge in [0, 0.05) is 18.0 Å². The highest BCUT2D eigenvalue weighted by molar-refractivity contribution is 5.92. The minimum Gasteiger partial charge on any atom is -0.497 e. The molecule has 0 fully saturated rings. The third-order valence-electron chi connectivity index (χ3n) is 4.89. The fraction of sp³-hybridized carbons (Fsp3) is 0.304. The number of fused-ring (bicyclic) bond motifs is 1.